The summed E-state index contributed by atoms with van der Waals surface area (Å²) in [5.74, 6) is -2.17. The van der Waals surface area contributed by atoms with Gasteiger partial charge in [0.2, 0.25) is 17.7 Å². The quantitative estimate of drug-likeness (QED) is 0.594. The number of carbonyl (C=O) groups is 4. The summed E-state index contributed by atoms with van der Waals surface area (Å²) in [7, 11) is 0. The van der Waals surface area contributed by atoms with Crippen LogP contribution in [0.3, 0.4) is 0 Å². The van der Waals surface area contributed by atoms with Crippen LogP contribution < -0.4 is 16.8 Å². The standard InChI is InChI=1S/C16H20N4O5/c1-9(17)15(23)20-12(8-25-16(20)24)14(22)19-11(13(18)21)7-10-5-3-2-4-6-10/h2-6,9,11-12H,7-8,17H2,1H3,(H2,18,21)(H,19,22)/t9-,11-,12?/m0/s1. The Morgan fingerprint density at radius 2 is 1.96 bits per heavy atom. The van der Waals surface area contributed by atoms with E-state index in [-0.39, 0.29) is 13.0 Å². The van der Waals surface area contributed by atoms with Crippen molar-refractivity contribution >= 4 is 23.8 Å². The van der Waals surface area contributed by atoms with Gasteiger partial charge >= 0.3 is 6.09 Å². The van der Waals surface area contributed by atoms with Gasteiger partial charge in [0.25, 0.3) is 0 Å². The van der Waals surface area contributed by atoms with Crippen LogP contribution in [-0.4, -0.2) is 53.4 Å². The lowest BCUT2D eigenvalue weighted by Gasteiger charge is -2.23. The number of nitrogens with one attached hydrogen (secondary N) is 1. The third-order valence-electron chi connectivity index (χ3n) is 3.75. The molecular formula is C16H20N4O5. The van der Waals surface area contributed by atoms with E-state index in [4.69, 9.17) is 16.2 Å². The van der Waals surface area contributed by atoms with E-state index in [0.717, 1.165) is 5.56 Å². The molecule has 0 spiro atoms. The average molecular weight is 348 g/mol. The third kappa shape index (κ3) is 4.32. The SMILES string of the molecule is C[C@H](N)C(=O)N1C(=O)OCC1C(=O)N[C@@H](Cc1ccccc1)C(N)=O. The van der Waals surface area contributed by atoms with E-state index in [9.17, 15) is 19.2 Å². The van der Waals surface area contributed by atoms with Crippen molar-refractivity contribution in [3.8, 4) is 0 Å². The van der Waals surface area contributed by atoms with Crippen LogP contribution in [-0.2, 0) is 25.5 Å². The van der Waals surface area contributed by atoms with Crippen molar-refractivity contribution in [3.05, 3.63) is 35.9 Å². The second-order valence-corrected chi connectivity index (χ2v) is 5.74. The summed E-state index contributed by atoms with van der Waals surface area (Å²) >= 11 is 0. The Morgan fingerprint density at radius 3 is 2.52 bits per heavy atom. The number of ether oxygens (including phenoxy) is 1. The molecule has 0 saturated carbocycles. The molecule has 3 atom stereocenters. The third-order valence-corrected chi connectivity index (χ3v) is 3.75. The van der Waals surface area contributed by atoms with Crippen molar-refractivity contribution in [2.45, 2.75) is 31.5 Å². The maximum Gasteiger partial charge on any atom is 0.417 e. The van der Waals surface area contributed by atoms with Gasteiger partial charge in [0.05, 0.1) is 6.04 Å². The molecule has 134 valence electrons. The summed E-state index contributed by atoms with van der Waals surface area (Å²) < 4.78 is 4.76. The fraction of sp³-hybridized carbons (Fsp3) is 0.375. The predicted octanol–water partition coefficient (Wildman–Crippen LogP) is -1.11. The molecule has 9 heteroatoms. The van der Waals surface area contributed by atoms with E-state index >= 15 is 0 Å². The lowest BCUT2D eigenvalue weighted by Crippen LogP contribution is -2.56. The molecule has 0 aliphatic carbocycles. The van der Waals surface area contributed by atoms with Crippen molar-refractivity contribution < 1.29 is 23.9 Å². The smallest absolute Gasteiger partial charge is 0.417 e. The summed E-state index contributed by atoms with van der Waals surface area (Å²) in [4.78, 5) is 48.5. The van der Waals surface area contributed by atoms with Gasteiger partial charge in [-0.25, -0.2) is 9.69 Å². The summed E-state index contributed by atoms with van der Waals surface area (Å²) in [6, 6.07) is 5.83. The Kier molecular flexibility index (Phi) is 5.71. The van der Waals surface area contributed by atoms with E-state index in [1.807, 2.05) is 6.07 Å². The highest BCUT2D eigenvalue weighted by molar-refractivity contribution is 6.02. The van der Waals surface area contributed by atoms with Gasteiger partial charge in [0, 0.05) is 6.42 Å². The number of benzene rings is 1. The fourth-order valence-electron chi connectivity index (χ4n) is 2.42. The van der Waals surface area contributed by atoms with Crippen molar-refractivity contribution in [2.75, 3.05) is 6.61 Å². The highest BCUT2D eigenvalue weighted by Gasteiger charge is 2.43. The normalized spacial score (nSPS) is 19.0. The predicted molar refractivity (Wildman–Crippen MR) is 86.9 cm³/mol. The van der Waals surface area contributed by atoms with Gasteiger partial charge in [0.15, 0.2) is 6.04 Å². The number of primary amides is 1. The van der Waals surface area contributed by atoms with Gasteiger partial charge in [-0.15, -0.1) is 0 Å². The van der Waals surface area contributed by atoms with Gasteiger partial charge < -0.3 is 21.5 Å². The summed E-state index contributed by atoms with van der Waals surface area (Å²) in [6.45, 7) is 1.09. The van der Waals surface area contributed by atoms with Crippen molar-refractivity contribution in [2.24, 2.45) is 11.5 Å². The Hall–Kier alpha value is -2.94. The van der Waals surface area contributed by atoms with E-state index < -0.39 is 41.9 Å². The molecule has 2 rings (SSSR count). The molecule has 1 unspecified atom stereocenters. The molecule has 25 heavy (non-hydrogen) atoms. The van der Waals surface area contributed by atoms with Gasteiger partial charge in [0.1, 0.15) is 12.6 Å². The number of amides is 4. The van der Waals surface area contributed by atoms with Crippen LogP contribution >= 0.6 is 0 Å². The van der Waals surface area contributed by atoms with Gasteiger partial charge in [-0.05, 0) is 12.5 Å². The molecule has 1 aromatic carbocycles. The van der Waals surface area contributed by atoms with Gasteiger partial charge in [-0.3, -0.25) is 14.4 Å². The van der Waals surface area contributed by atoms with Gasteiger partial charge in [-0.2, -0.15) is 0 Å². The zero-order chi connectivity index (χ0) is 18.6. The molecule has 5 N–H and O–H groups in total. The van der Waals surface area contributed by atoms with Crippen molar-refractivity contribution in [1.29, 1.82) is 0 Å². The van der Waals surface area contributed by atoms with Crippen LogP contribution in [0.15, 0.2) is 30.3 Å². The minimum atomic E-state index is -1.19. The molecule has 1 aliphatic rings. The summed E-state index contributed by atoms with van der Waals surface area (Å²) in [5.41, 5.74) is 11.6. The molecule has 1 saturated heterocycles. The molecular weight excluding hydrogens is 328 g/mol. The molecule has 0 radical (unpaired) electrons. The Balaban J connectivity index is 2.11. The average Bonchev–Trinajstić information content (AvgIpc) is 2.95. The number of nitrogens with zero attached hydrogens (tertiary/aromatic N) is 1. The number of imide groups is 1. The molecule has 9 nitrogen and oxygen atoms in total. The van der Waals surface area contributed by atoms with E-state index in [0.29, 0.717) is 4.90 Å². The number of hydrogen-bond acceptors (Lipinski definition) is 6. The van der Waals surface area contributed by atoms with E-state index in [2.05, 4.69) is 5.32 Å². The van der Waals surface area contributed by atoms with Crippen LogP contribution in [0.5, 0.6) is 0 Å². The number of rotatable bonds is 6. The first-order chi connectivity index (χ1) is 11.8. The highest BCUT2D eigenvalue weighted by Crippen LogP contribution is 2.14. The molecule has 4 amide bonds. The summed E-state index contributed by atoms with van der Waals surface area (Å²) in [5, 5.41) is 2.47. The minimum Gasteiger partial charge on any atom is -0.446 e. The fourth-order valence-corrected chi connectivity index (χ4v) is 2.42. The Morgan fingerprint density at radius 1 is 1.32 bits per heavy atom. The molecule has 0 bridgehead atoms. The monoisotopic (exact) mass is 348 g/mol. The van der Waals surface area contributed by atoms with E-state index in [1.54, 1.807) is 24.3 Å². The van der Waals surface area contributed by atoms with Crippen LogP contribution in [0.25, 0.3) is 0 Å². The topological polar surface area (TPSA) is 145 Å². The number of hydrogen-bond donors (Lipinski definition) is 3. The van der Waals surface area contributed by atoms with Crippen LogP contribution in [0.4, 0.5) is 4.79 Å². The minimum absolute atomic E-state index is 0.185. The second-order valence-electron chi connectivity index (χ2n) is 5.74. The van der Waals surface area contributed by atoms with Crippen LogP contribution in [0.2, 0.25) is 0 Å². The Labute approximate surface area is 144 Å². The largest absolute Gasteiger partial charge is 0.446 e. The first-order valence-electron chi connectivity index (χ1n) is 7.70. The number of carbonyl (C=O) groups excluding carboxylic acids is 4. The maximum absolute atomic E-state index is 12.4. The lowest BCUT2D eigenvalue weighted by atomic mass is 10.0. The lowest BCUT2D eigenvalue weighted by molar-refractivity contribution is -0.137. The molecule has 1 aliphatic heterocycles. The summed E-state index contributed by atoms with van der Waals surface area (Å²) in [6.07, 6.45) is -0.758. The zero-order valence-corrected chi connectivity index (χ0v) is 13.7. The number of cyclic esters (lactones) is 1. The van der Waals surface area contributed by atoms with Gasteiger partial charge in [-0.1, -0.05) is 30.3 Å². The molecule has 1 aromatic rings. The molecule has 1 fully saturated rings. The Bertz CT molecular complexity index is 676. The van der Waals surface area contributed by atoms with Crippen molar-refractivity contribution in [1.82, 2.24) is 10.2 Å². The second kappa shape index (κ2) is 7.75. The van der Waals surface area contributed by atoms with Crippen molar-refractivity contribution in [3.63, 3.8) is 0 Å². The van der Waals surface area contributed by atoms with E-state index in [1.165, 1.54) is 6.92 Å². The van der Waals surface area contributed by atoms with Crippen LogP contribution in [0, 0.1) is 0 Å². The maximum atomic E-state index is 12.4. The molecule has 1 heterocycles. The molecule has 0 aromatic heterocycles. The first kappa shape index (κ1) is 18.4. The highest BCUT2D eigenvalue weighted by atomic mass is 16.6. The first-order valence-corrected chi connectivity index (χ1v) is 7.70. The van der Waals surface area contributed by atoms with Crippen LogP contribution in [0.1, 0.15) is 12.5 Å². The number of nitrogens with two attached hydrogens (primary N) is 2. The zero-order valence-electron chi connectivity index (χ0n) is 13.7.